The van der Waals surface area contributed by atoms with Crippen molar-refractivity contribution in [3.63, 3.8) is 0 Å². The molecule has 0 aliphatic rings. The minimum Gasteiger partial charge on any atom is -0.491 e. The molecule has 108 valence electrons. The van der Waals surface area contributed by atoms with E-state index in [0.717, 1.165) is 22.0 Å². The molecule has 0 amide bonds. The molecule has 0 spiro atoms. The predicted octanol–water partition coefficient (Wildman–Crippen LogP) is 2.29. The van der Waals surface area contributed by atoms with Crippen molar-refractivity contribution >= 4 is 11.3 Å². The zero-order valence-electron chi connectivity index (χ0n) is 11.8. The third-order valence-corrected chi connectivity index (χ3v) is 3.81. The lowest BCUT2D eigenvalue weighted by Gasteiger charge is -2.14. The highest BCUT2D eigenvalue weighted by atomic mass is 32.1. The Hall–Kier alpha value is -1.43. The van der Waals surface area contributed by atoms with Crippen LogP contribution in [0.5, 0.6) is 5.75 Å². The van der Waals surface area contributed by atoms with Crippen LogP contribution in [0, 0.1) is 13.8 Å². The topological polar surface area (TPSA) is 54.4 Å². The van der Waals surface area contributed by atoms with E-state index >= 15 is 0 Å². The number of nitrogens with zero attached hydrogens (tertiary/aromatic N) is 1. The molecule has 1 unspecified atom stereocenters. The number of hydrogen-bond donors (Lipinski definition) is 2. The Balaban J connectivity index is 1.68. The average Bonchev–Trinajstić information content (AvgIpc) is 2.83. The monoisotopic (exact) mass is 292 g/mol. The minimum absolute atomic E-state index is 0.286. The lowest BCUT2D eigenvalue weighted by Crippen LogP contribution is -2.31. The summed E-state index contributed by atoms with van der Waals surface area (Å²) in [7, 11) is 0. The number of nitrogens with one attached hydrogen (secondary N) is 1. The number of para-hydroxylation sites is 1. The largest absolute Gasteiger partial charge is 0.491 e. The van der Waals surface area contributed by atoms with Gasteiger partial charge in [0.05, 0.1) is 0 Å². The third-order valence-electron chi connectivity index (χ3n) is 2.85. The maximum atomic E-state index is 9.88. The van der Waals surface area contributed by atoms with Crippen molar-refractivity contribution in [3.05, 3.63) is 45.9 Å². The Kier molecular flexibility index (Phi) is 5.52. The van der Waals surface area contributed by atoms with Crippen molar-refractivity contribution < 1.29 is 9.84 Å². The molecule has 1 aromatic carbocycles. The minimum atomic E-state index is -0.532. The summed E-state index contributed by atoms with van der Waals surface area (Å²) < 4.78 is 5.60. The van der Waals surface area contributed by atoms with Crippen LogP contribution in [0.2, 0.25) is 0 Å². The first-order valence-corrected chi connectivity index (χ1v) is 7.51. The zero-order valence-corrected chi connectivity index (χ0v) is 12.6. The van der Waals surface area contributed by atoms with Crippen molar-refractivity contribution in [2.24, 2.45) is 0 Å². The summed E-state index contributed by atoms with van der Waals surface area (Å²) in [5, 5.41) is 16.1. The van der Waals surface area contributed by atoms with Crippen LogP contribution < -0.4 is 10.1 Å². The summed E-state index contributed by atoms with van der Waals surface area (Å²) in [4.78, 5) is 4.36. The molecule has 1 heterocycles. The quantitative estimate of drug-likeness (QED) is 0.822. The third kappa shape index (κ3) is 4.59. The summed E-state index contributed by atoms with van der Waals surface area (Å²) in [6.45, 7) is 5.43. The number of rotatable bonds is 7. The van der Waals surface area contributed by atoms with Gasteiger partial charge in [0.15, 0.2) is 0 Å². The number of hydrogen-bond acceptors (Lipinski definition) is 5. The molecule has 1 aromatic heterocycles. The summed E-state index contributed by atoms with van der Waals surface area (Å²) in [5.74, 6) is 0.821. The Morgan fingerprint density at radius 1 is 1.35 bits per heavy atom. The highest BCUT2D eigenvalue weighted by Crippen LogP contribution is 2.16. The Morgan fingerprint density at radius 2 is 2.15 bits per heavy atom. The molecular weight excluding hydrogens is 272 g/mol. The fourth-order valence-corrected chi connectivity index (χ4v) is 2.53. The van der Waals surface area contributed by atoms with Crippen LogP contribution in [0.15, 0.2) is 29.6 Å². The highest BCUT2D eigenvalue weighted by Gasteiger charge is 2.07. The van der Waals surface area contributed by atoms with E-state index in [-0.39, 0.29) is 6.61 Å². The molecule has 0 radical (unpaired) electrons. The van der Waals surface area contributed by atoms with Crippen molar-refractivity contribution in [1.82, 2.24) is 10.3 Å². The number of thiazole rings is 1. The molecule has 1 atom stereocenters. The van der Waals surface area contributed by atoms with Gasteiger partial charge in [-0.15, -0.1) is 11.3 Å². The average molecular weight is 292 g/mol. The van der Waals surface area contributed by atoms with Crippen LogP contribution in [0.4, 0.5) is 0 Å². The Bertz CT molecular complexity index is 542. The molecule has 0 saturated heterocycles. The molecule has 0 saturated carbocycles. The maximum Gasteiger partial charge on any atom is 0.122 e. The van der Waals surface area contributed by atoms with Gasteiger partial charge in [-0.2, -0.15) is 0 Å². The van der Waals surface area contributed by atoms with Crippen LogP contribution in [-0.4, -0.2) is 29.3 Å². The SMILES string of the molecule is Cc1csc(CNCC(O)COc2ccccc2C)n1. The molecule has 2 rings (SSSR count). The standard InChI is InChI=1S/C15H20N2O2S/c1-11-5-3-4-6-14(11)19-9-13(18)7-16-8-15-17-12(2)10-20-15/h3-6,10,13,16,18H,7-9H2,1-2H3. The Morgan fingerprint density at radius 3 is 2.85 bits per heavy atom. The first-order valence-electron chi connectivity index (χ1n) is 6.63. The van der Waals surface area contributed by atoms with Gasteiger partial charge in [0.1, 0.15) is 23.5 Å². The van der Waals surface area contributed by atoms with Gasteiger partial charge in [-0.3, -0.25) is 0 Å². The van der Waals surface area contributed by atoms with Crippen molar-refractivity contribution in [2.45, 2.75) is 26.5 Å². The van der Waals surface area contributed by atoms with Gasteiger partial charge in [-0.05, 0) is 25.5 Å². The van der Waals surface area contributed by atoms with E-state index in [9.17, 15) is 5.11 Å². The summed E-state index contributed by atoms with van der Waals surface area (Å²) in [6, 6.07) is 7.80. The van der Waals surface area contributed by atoms with Crippen molar-refractivity contribution in [2.75, 3.05) is 13.2 Å². The number of aromatic nitrogens is 1. The fourth-order valence-electron chi connectivity index (χ4n) is 1.79. The van der Waals surface area contributed by atoms with Crippen LogP contribution >= 0.6 is 11.3 Å². The molecule has 0 bridgehead atoms. The van der Waals surface area contributed by atoms with Crippen LogP contribution in [-0.2, 0) is 6.54 Å². The molecule has 2 aromatic rings. The molecule has 20 heavy (non-hydrogen) atoms. The second-order valence-electron chi connectivity index (χ2n) is 4.74. The van der Waals surface area contributed by atoms with E-state index in [1.165, 1.54) is 0 Å². The van der Waals surface area contributed by atoms with Gasteiger partial charge in [0.25, 0.3) is 0 Å². The van der Waals surface area contributed by atoms with Gasteiger partial charge in [0.2, 0.25) is 0 Å². The van der Waals surface area contributed by atoms with E-state index in [0.29, 0.717) is 13.1 Å². The van der Waals surface area contributed by atoms with Crippen LogP contribution in [0.1, 0.15) is 16.3 Å². The molecule has 0 aliphatic carbocycles. The second kappa shape index (κ2) is 7.38. The fraction of sp³-hybridized carbons (Fsp3) is 0.400. The number of ether oxygens (including phenoxy) is 1. The number of aliphatic hydroxyl groups is 1. The highest BCUT2D eigenvalue weighted by molar-refractivity contribution is 7.09. The van der Waals surface area contributed by atoms with Gasteiger partial charge >= 0.3 is 0 Å². The second-order valence-corrected chi connectivity index (χ2v) is 5.69. The van der Waals surface area contributed by atoms with Crippen LogP contribution in [0.25, 0.3) is 0 Å². The lowest BCUT2D eigenvalue weighted by atomic mass is 10.2. The van der Waals surface area contributed by atoms with Gasteiger partial charge in [-0.1, -0.05) is 18.2 Å². The molecular formula is C15H20N2O2S. The smallest absolute Gasteiger partial charge is 0.122 e. The van der Waals surface area contributed by atoms with E-state index < -0.39 is 6.10 Å². The molecule has 0 fully saturated rings. The summed E-state index contributed by atoms with van der Waals surface area (Å²) in [6.07, 6.45) is -0.532. The van der Waals surface area contributed by atoms with Crippen molar-refractivity contribution in [1.29, 1.82) is 0 Å². The molecule has 2 N–H and O–H groups in total. The lowest BCUT2D eigenvalue weighted by molar-refractivity contribution is 0.106. The summed E-state index contributed by atoms with van der Waals surface area (Å²) in [5.41, 5.74) is 2.11. The first-order chi connectivity index (χ1) is 9.65. The number of benzene rings is 1. The van der Waals surface area contributed by atoms with E-state index in [4.69, 9.17) is 4.74 Å². The first kappa shape index (κ1) is 15.0. The normalized spacial score (nSPS) is 12.3. The van der Waals surface area contributed by atoms with E-state index in [2.05, 4.69) is 10.3 Å². The zero-order chi connectivity index (χ0) is 14.4. The maximum absolute atomic E-state index is 9.88. The Labute approximate surface area is 123 Å². The molecule has 0 aliphatic heterocycles. The van der Waals surface area contributed by atoms with Gasteiger partial charge in [-0.25, -0.2) is 4.98 Å². The summed E-state index contributed by atoms with van der Waals surface area (Å²) >= 11 is 1.63. The number of aliphatic hydroxyl groups excluding tert-OH is 1. The van der Waals surface area contributed by atoms with Gasteiger partial charge in [0, 0.05) is 24.2 Å². The van der Waals surface area contributed by atoms with E-state index in [1.54, 1.807) is 11.3 Å². The molecule has 4 nitrogen and oxygen atoms in total. The van der Waals surface area contributed by atoms with Gasteiger partial charge < -0.3 is 15.2 Å². The van der Waals surface area contributed by atoms with Crippen molar-refractivity contribution in [3.8, 4) is 5.75 Å². The molecule has 5 heteroatoms. The number of aryl methyl sites for hydroxylation is 2. The van der Waals surface area contributed by atoms with Crippen LogP contribution in [0.3, 0.4) is 0 Å². The predicted molar refractivity (Wildman–Crippen MR) is 81.2 cm³/mol. The van der Waals surface area contributed by atoms with E-state index in [1.807, 2.05) is 43.5 Å².